The maximum absolute atomic E-state index is 12.3. The molecule has 0 radical (unpaired) electrons. The topological polar surface area (TPSA) is 60.8 Å². The molecule has 0 aromatic heterocycles. The van der Waals surface area contributed by atoms with Crippen molar-refractivity contribution in [3.63, 3.8) is 0 Å². The summed E-state index contributed by atoms with van der Waals surface area (Å²) in [5.41, 5.74) is -0.424. The zero-order valence-electron chi connectivity index (χ0n) is 12.1. The number of nitrogens with zero attached hydrogens (tertiary/aromatic N) is 1. The molecule has 4 heteroatoms. The Balaban J connectivity index is 1.99. The van der Waals surface area contributed by atoms with Gasteiger partial charge in [-0.05, 0) is 56.1 Å². The van der Waals surface area contributed by atoms with E-state index in [9.17, 15) is 15.0 Å². The van der Waals surface area contributed by atoms with E-state index < -0.39 is 11.1 Å². The summed E-state index contributed by atoms with van der Waals surface area (Å²) in [5, 5.41) is 22.0. The van der Waals surface area contributed by atoms with Crippen LogP contribution in [-0.2, 0) is 4.79 Å². The number of aliphatic hydroxyl groups excluding tert-OH is 1. The fraction of sp³-hybridized carbons (Fsp3) is 0.812. The lowest BCUT2D eigenvalue weighted by Crippen LogP contribution is -2.70. The lowest BCUT2D eigenvalue weighted by molar-refractivity contribution is -0.178. The SMILES string of the molecule is CC1CC2CC(=O)C(O)=C3CCN4CCCC2(O)C34C1. The van der Waals surface area contributed by atoms with Crippen LogP contribution in [0.4, 0.5) is 0 Å². The van der Waals surface area contributed by atoms with Crippen LogP contribution in [0.25, 0.3) is 0 Å². The largest absolute Gasteiger partial charge is 0.504 e. The second-order valence-electron chi connectivity index (χ2n) is 7.32. The molecule has 4 nitrogen and oxygen atoms in total. The molecule has 0 aromatic rings. The van der Waals surface area contributed by atoms with Crippen molar-refractivity contribution in [2.45, 2.75) is 56.6 Å². The summed E-state index contributed by atoms with van der Waals surface area (Å²) in [4.78, 5) is 14.7. The van der Waals surface area contributed by atoms with E-state index in [0.29, 0.717) is 12.3 Å². The van der Waals surface area contributed by atoms with Gasteiger partial charge in [0.2, 0.25) is 0 Å². The highest BCUT2D eigenvalue weighted by Gasteiger charge is 2.67. The van der Waals surface area contributed by atoms with Crippen molar-refractivity contribution in [2.24, 2.45) is 11.8 Å². The highest BCUT2D eigenvalue weighted by Crippen LogP contribution is 2.60. The minimum absolute atomic E-state index is 0.000648. The van der Waals surface area contributed by atoms with E-state index in [0.717, 1.165) is 50.8 Å². The van der Waals surface area contributed by atoms with Gasteiger partial charge < -0.3 is 10.2 Å². The molecule has 2 heterocycles. The van der Waals surface area contributed by atoms with Crippen molar-refractivity contribution >= 4 is 5.78 Å². The Kier molecular flexibility index (Phi) is 2.48. The standard InChI is InChI=1S/C16H23NO3/c1-10-7-11-8-13(18)14(19)12-3-6-17-5-2-4-16(11,20)15(12,17)9-10/h10-11,19-20H,2-9H2,1H3. The van der Waals surface area contributed by atoms with Gasteiger partial charge in [0.15, 0.2) is 11.5 Å². The molecule has 1 saturated carbocycles. The second kappa shape index (κ2) is 3.86. The lowest BCUT2D eigenvalue weighted by Gasteiger charge is -2.60. The number of ketones is 1. The second-order valence-corrected chi connectivity index (χ2v) is 7.32. The summed E-state index contributed by atoms with van der Waals surface area (Å²) < 4.78 is 0. The molecule has 0 aromatic carbocycles. The summed E-state index contributed by atoms with van der Waals surface area (Å²) in [6.07, 6.45) is 4.59. The monoisotopic (exact) mass is 277 g/mol. The van der Waals surface area contributed by atoms with Gasteiger partial charge in [-0.25, -0.2) is 0 Å². The molecule has 4 rings (SSSR count). The van der Waals surface area contributed by atoms with Crippen LogP contribution in [0, 0.1) is 11.8 Å². The van der Waals surface area contributed by atoms with Gasteiger partial charge >= 0.3 is 0 Å². The van der Waals surface area contributed by atoms with E-state index in [1.165, 1.54) is 0 Å². The van der Waals surface area contributed by atoms with Crippen molar-refractivity contribution in [1.29, 1.82) is 0 Å². The van der Waals surface area contributed by atoms with Crippen molar-refractivity contribution in [3.05, 3.63) is 11.3 Å². The number of hydrogen-bond donors (Lipinski definition) is 2. The maximum atomic E-state index is 12.3. The van der Waals surface area contributed by atoms with E-state index in [1.807, 2.05) is 0 Å². The van der Waals surface area contributed by atoms with Gasteiger partial charge in [-0.15, -0.1) is 0 Å². The zero-order chi connectivity index (χ0) is 14.1. The van der Waals surface area contributed by atoms with Crippen LogP contribution in [0.15, 0.2) is 11.3 Å². The van der Waals surface area contributed by atoms with Crippen LogP contribution < -0.4 is 0 Å². The summed E-state index contributed by atoms with van der Waals surface area (Å²) >= 11 is 0. The van der Waals surface area contributed by atoms with Crippen molar-refractivity contribution in [1.82, 2.24) is 4.90 Å². The maximum Gasteiger partial charge on any atom is 0.197 e. The molecule has 2 aliphatic heterocycles. The number of hydrogen-bond acceptors (Lipinski definition) is 4. The van der Waals surface area contributed by atoms with Crippen LogP contribution in [-0.4, -0.2) is 45.1 Å². The predicted octanol–water partition coefficient (Wildman–Crippen LogP) is 1.79. The zero-order valence-corrected chi connectivity index (χ0v) is 12.1. The number of Topliss-reactive ketones (excluding diaryl/α,β-unsaturated/α-hetero) is 1. The van der Waals surface area contributed by atoms with Gasteiger partial charge in [0.1, 0.15) is 0 Å². The number of allylic oxidation sites excluding steroid dienone is 1. The van der Waals surface area contributed by atoms with Crippen LogP contribution in [0.3, 0.4) is 0 Å². The van der Waals surface area contributed by atoms with Crippen LogP contribution in [0.5, 0.6) is 0 Å². The van der Waals surface area contributed by atoms with Crippen LogP contribution >= 0.6 is 0 Å². The van der Waals surface area contributed by atoms with Gasteiger partial charge in [0.25, 0.3) is 0 Å². The molecular formula is C16H23NO3. The van der Waals surface area contributed by atoms with Crippen molar-refractivity contribution < 1.29 is 15.0 Å². The molecule has 2 aliphatic carbocycles. The fourth-order valence-corrected chi connectivity index (χ4v) is 5.71. The van der Waals surface area contributed by atoms with Crippen molar-refractivity contribution in [3.8, 4) is 0 Å². The molecule has 2 saturated heterocycles. The lowest BCUT2D eigenvalue weighted by atomic mass is 9.55. The molecular weight excluding hydrogens is 254 g/mol. The molecule has 20 heavy (non-hydrogen) atoms. The molecule has 4 aliphatic rings. The highest BCUT2D eigenvalue weighted by atomic mass is 16.3. The minimum atomic E-state index is -0.816. The number of piperidine rings is 1. The summed E-state index contributed by atoms with van der Waals surface area (Å²) in [5.74, 6) is 0.319. The van der Waals surface area contributed by atoms with Gasteiger partial charge in [0.05, 0.1) is 11.1 Å². The number of aliphatic hydroxyl groups is 2. The van der Waals surface area contributed by atoms with E-state index in [1.54, 1.807) is 0 Å². The Morgan fingerprint density at radius 3 is 2.95 bits per heavy atom. The molecule has 2 bridgehead atoms. The third kappa shape index (κ3) is 1.27. The average molecular weight is 277 g/mol. The minimum Gasteiger partial charge on any atom is -0.504 e. The van der Waals surface area contributed by atoms with Crippen molar-refractivity contribution in [2.75, 3.05) is 13.1 Å². The first-order valence-electron chi connectivity index (χ1n) is 7.92. The molecule has 4 atom stereocenters. The van der Waals surface area contributed by atoms with E-state index in [2.05, 4.69) is 11.8 Å². The quantitative estimate of drug-likeness (QED) is 0.708. The first kappa shape index (κ1) is 12.8. The first-order valence-corrected chi connectivity index (χ1v) is 7.92. The Bertz CT molecular complexity index is 514. The van der Waals surface area contributed by atoms with Gasteiger partial charge in [-0.2, -0.15) is 0 Å². The molecule has 2 N–H and O–H groups in total. The van der Waals surface area contributed by atoms with E-state index in [-0.39, 0.29) is 17.5 Å². The molecule has 0 amide bonds. The average Bonchev–Trinajstić information content (AvgIpc) is 2.74. The summed E-state index contributed by atoms with van der Waals surface area (Å²) in [7, 11) is 0. The third-order valence-corrected chi connectivity index (χ3v) is 6.36. The number of carbonyl (C=O) groups excluding carboxylic acids is 1. The van der Waals surface area contributed by atoms with Gasteiger partial charge in [-0.3, -0.25) is 9.69 Å². The van der Waals surface area contributed by atoms with Gasteiger partial charge in [0, 0.05) is 13.0 Å². The van der Waals surface area contributed by atoms with Crippen LogP contribution in [0.2, 0.25) is 0 Å². The molecule has 4 unspecified atom stereocenters. The van der Waals surface area contributed by atoms with Crippen LogP contribution in [0.1, 0.15) is 45.4 Å². The van der Waals surface area contributed by atoms with Gasteiger partial charge in [-0.1, -0.05) is 6.92 Å². The summed E-state index contributed by atoms with van der Waals surface area (Å²) in [6.45, 7) is 4.07. The molecule has 3 fully saturated rings. The third-order valence-electron chi connectivity index (χ3n) is 6.36. The number of carbonyl (C=O) groups is 1. The molecule has 1 spiro atoms. The Morgan fingerprint density at radius 2 is 2.15 bits per heavy atom. The van der Waals surface area contributed by atoms with E-state index >= 15 is 0 Å². The fourth-order valence-electron chi connectivity index (χ4n) is 5.71. The molecule has 110 valence electrons. The van der Waals surface area contributed by atoms with E-state index in [4.69, 9.17) is 0 Å². The summed E-state index contributed by atoms with van der Waals surface area (Å²) in [6, 6.07) is 0. The predicted molar refractivity (Wildman–Crippen MR) is 74.3 cm³/mol. The number of rotatable bonds is 0. The Labute approximate surface area is 119 Å². The highest BCUT2D eigenvalue weighted by molar-refractivity contribution is 5.95. The normalized spacial score (nSPS) is 48.2. The Hall–Kier alpha value is -0.870. The smallest absolute Gasteiger partial charge is 0.197 e. The first-order chi connectivity index (χ1) is 9.49. The Morgan fingerprint density at radius 1 is 1.35 bits per heavy atom.